The van der Waals surface area contributed by atoms with Crippen LogP contribution in [-0.2, 0) is 4.79 Å². The molecule has 0 aliphatic carbocycles. The first kappa shape index (κ1) is 35.6. The highest BCUT2D eigenvalue weighted by Gasteiger charge is 2.14. The van der Waals surface area contributed by atoms with E-state index in [2.05, 4.69) is 35.1 Å². The van der Waals surface area contributed by atoms with Gasteiger partial charge in [-0.3, -0.25) is 4.79 Å². The average Bonchev–Trinajstić information content (AvgIpc) is 2.90. The van der Waals surface area contributed by atoms with Crippen molar-refractivity contribution >= 4 is 11.9 Å². The molecule has 0 atom stereocenters. The zero-order valence-electron chi connectivity index (χ0n) is 24.5. The van der Waals surface area contributed by atoms with Gasteiger partial charge in [0.1, 0.15) is 0 Å². The average molecular weight is 527 g/mol. The summed E-state index contributed by atoms with van der Waals surface area (Å²) in [6, 6.07) is -0.254. The minimum absolute atomic E-state index is 0.0384. The third-order valence-corrected chi connectivity index (χ3v) is 6.65. The van der Waals surface area contributed by atoms with Crippen molar-refractivity contribution in [2.24, 2.45) is 5.73 Å². The highest BCUT2D eigenvalue weighted by atomic mass is 16.2. The molecule has 0 aromatic heterocycles. The summed E-state index contributed by atoms with van der Waals surface area (Å²) in [5.41, 5.74) is 5.48. The second-order valence-electron chi connectivity index (χ2n) is 10.2. The molecule has 0 saturated carbocycles. The number of nitrogens with one attached hydrogen (secondary N) is 4. The van der Waals surface area contributed by atoms with Crippen LogP contribution in [0.15, 0.2) is 0 Å². The van der Waals surface area contributed by atoms with Crippen molar-refractivity contribution in [3.8, 4) is 0 Å². The summed E-state index contributed by atoms with van der Waals surface area (Å²) in [5.74, 6) is 0.0384. The Balaban J connectivity index is 3.97. The lowest BCUT2D eigenvalue weighted by molar-refractivity contribution is -0.130. The fraction of sp³-hybridized carbons (Fsp3) is 0.931. The van der Waals surface area contributed by atoms with E-state index in [1.165, 1.54) is 64.2 Å². The van der Waals surface area contributed by atoms with Crippen LogP contribution in [0, 0.1) is 0 Å². The Hall–Kier alpha value is -1.38. The monoisotopic (exact) mass is 526 g/mol. The molecule has 0 aromatic carbocycles. The van der Waals surface area contributed by atoms with Gasteiger partial charge in [-0.2, -0.15) is 0 Å². The third kappa shape index (κ3) is 26.0. The van der Waals surface area contributed by atoms with E-state index in [1.807, 2.05) is 4.90 Å². The van der Waals surface area contributed by atoms with Gasteiger partial charge in [0.15, 0.2) is 0 Å². The molecule has 0 aromatic rings. The van der Waals surface area contributed by atoms with E-state index in [4.69, 9.17) is 5.73 Å². The van der Waals surface area contributed by atoms with Crippen molar-refractivity contribution in [3.63, 3.8) is 0 Å². The maximum atomic E-state index is 12.8. The predicted octanol–water partition coefficient (Wildman–Crippen LogP) is 4.53. The number of carbonyl (C=O) groups excluding carboxylic acids is 2. The molecule has 0 heterocycles. The normalized spacial score (nSPS) is 11.0. The number of nitrogens with zero attached hydrogens (tertiary/aromatic N) is 1. The topological polar surface area (TPSA) is 112 Å². The van der Waals surface area contributed by atoms with Crippen LogP contribution in [0.4, 0.5) is 4.79 Å². The zero-order valence-corrected chi connectivity index (χ0v) is 24.5. The molecule has 0 bridgehead atoms. The minimum atomic E-state index is -0.254. The molecule has 8 nitrogen and oxygen atoms in total. The summed E-state index contributed by atoms with van der Waals surface area (Å²) in [6.07, 6.45) is 18.8. The number of rotatable bonds is 28. The van der Waals surface area contributed by atoms with Gasteiger partial charge in [-0.25, -0.2) is 4.79 Å². The fourth-order valence-electron chi connectivity index (χ4n) is 4.25. The quantitative estimate of drug-likeness (QED) is 0.0962. The molecule has 6 N–H and O–H groups in total. The lowest BCUT2D eigenvalue weighted by Crippen LogP contribution is -2.44. The van der Waals surface area contributed by atoms with Crippen LogP contribution in [0.3, 0.4) is 0 Å². The van der Waals surface area contributed by atoms with Gasteiger partial charge < -0.3 is 31.9 Å². The molecule has 0 fully saturated rings. The number of hydrogen-bond donors (Lipinski definition) is 5. The van der Waals surface area contributed by atoms with Crippen LogP contribution in [0.2, 0.25) is 0 Å². The van der Waals surface area contributed by atoms with Crippen LogP contribution < -0.4 is 27.0 Å². The van der Waals surface area contributed by atoms with Crippen molar-refractivity contribution < 1.29 is 9.59 Å². The smallest absolute Gasteiger partial charge is 0.315 e. The van der Waals surface area contributed by atoms with Gasteiger partial charge in [0, 0.05) is 19.6 Å². The minimum Gasteiger partial charge on any atom is -0.341 e. The van der Waals surface area contributed by atoms with E-state index in [9.17, 15) is 9.59 Å². The molecule has 0 radical (unpaired) electrons. The standard InChI is InChI=1S/C29H62N6O2/c1-3-5-7-9-11-15-25-35(26-16-12-10-8-6-4-2)28(36)27-34-29(37)33-24-18-23-32-21-14-13-20-31-22-17-19-30/h31-32H,3-27,30H2,1-2H3,(H2,33,34,37). The summed E-state index contributed by atoms with van der Waals surface area (Å²) in [7, 11) is 0. The zero-order chi connectivity index (χ0) is 27.2. The highest BCUT2D eigenvalue weighted by molar-refractivity contribution is 5.83. The highest BCUT2D eigenvalue weighted by Crippen LogP contribution is 2.09. The summed E-state index contributed by atoms with van der Waals surface area (Å²) >= 11 is 0. The van der Waals surface area contributed by atoms with Crippen LogP contribution in [0.25, 0.3) is 0 Å². The number of unbranched alkanes of at least 4 members (excludes halogenated alkanes) is 11. The lowest BCUT2D eigenvalue weighted by Gasteiger charge is -2.23. The third-order valence-electron chi connectivity index (χ3n) is 6.65. The first-order chi connectivity index (χ1) is 18.2. The van der Waals surface area contributed by atoms with Crippen molar-refractivity contribution in [3.05, 3.63) is 0 Å². The van der Waals surface area contributed by atoms with Crippen LogP contribution in [0.5, 0.6) is 0 Å². The van der Waals surface area contributed by atoms with Crippen molar-refractivity contribution in [2.45, 2.75) is 117 Å². The molecule has 0 spiro atoms. The van der Waals surface area contributed by atoms with E-state index in [-0.39, 0.29) is 18.5 Å². The Morgan fingerprint density at radius 1 is 0.568 bits per heavy atom. The molecule has 0 unspecified atom stereocenters. The lowest BCUT2D eigenvalue weighted by atomic mass is 10.1. The Kier molecular flexibility index (Phi) is 28.1. The Bertz CT molecular complexity index is 491. The van der Waals surface area contributed by atoms with Gasteiger partial charge in [-0.1, -0.05) is 78.1 Å². The summed E-state index contributed by atoms with van der Waals surface area (Å²) in [4.78, 5) is 26.9. The van der Waals surface area contributed by atoms with Gasteiger partial charge >= 0.3 is 6.03 Å². The van der Waals surface area contributed by atoms with Gasteiger partial charge in [0.2, 0.25) is 5.91 Å². The van der Waals surface area contributed by atoms with Gasteiger partial charge in [0.05, 0.1) is 6.54 Å². The molecule has 3 amide bonds. The first-order valence-corrected chi connectivity index (χ1v) is 15.6. The molecule has 0 aliphatic rings. The molecule has 0 saturated heterocycles. The molecule has 8 heteroatoms. The van der Waals surface area contributed by atoms with Crippen molar-refractivity contribution in [2.75, 3.05) is 58.9 Å². The van der Waals surface area contributed by atoms with Crippen LogP contribution in [-0.4, -0.2) is 75.7 Å². The van der Waals surface area contributed by atoms with Gasteiger partial charge in [0.25, 0.3) is 0 Å². The van der Waals surface area contributed by atoms with Gasteiger partial charge in [-0.05, 0) is 71.2 Å². The van der Waals surface area contributed by atoms with Crippen LogP contribution >= 0.6 is 0 Å². The fourth-order valence-corrected chi connectivity index (χ4v) is 4.25. The van der Waals surface area contributed by atoms with E-state index in [0.29, 0.717) is 6.54 Å². The van der Waals surface area contributed by atoms with E-state index < -0.39 is 0 Å². The number of urea groups is 1. The second-order valence-corrected chi connectivity index (χ2v) is 10.2. The number of carbonyl (C=O) groups is 2. The van der Waals surface area contributed by atoms with E-state index >= 15 is 0 Å². The predicted molar refractivity (Wildman–Crippen MR) is 158 cm³/mol. The van der Waals surface area contributed by atoms with Crippen molar-refractivity contribution in [1.82, 2.24) is 26.2 Å². The number of amides is 3. The largest absolute Gasteiger partial charge is 0.341 e. The van der Waals surface area contributed by atoms with E-state index in [0.717, 1.165) is 84.3 Å². The Morgan fingerprint density at radius 3 is 1.59 bits per heavy atom. The first-order valence-electron chi connectivity index (χ1n) is 15.6. The number of nitrogens with two attached hydrogens (primary N) is 1. The molecule has 37 heavy (non-hydrogen) atoms. The molecular weight excluding hydrogens is 464 g/mol. The van der Waals surface area contributed by atoms with E-state index in [1.54, 1.807) is 0 Å². The van der Waals surface area contributed by atoms with Crippen LogP contribution in [0.1, 0.15) is 117 Å². The Labute approximate surface area is 229 Å². The van der Waals surface area contributed by atoms with Crippen molar-refractivity contribution in [1.29, 1.82) is 0 Å². The molecule has 0 rings (SSSR count). The molecular formula is C29H62N6O2. The number of hydrogen-bond acceptors (Lipinski definition) is 5. The molecule has 0 aliphatic heterocycles. The van der Waals surface area contributed by atoms with Gasteiger partial charge in [-0.15, -0.1) is 0 Å². The maximum Gasteiger partial charge on any atom is 0.315 e. The Morgan fingerprint density at radius 2 is 1.05 bits per heavy atom. The summed E-state index contributed by atoms with van der Waals surface area (Å²) in [6.45, 7) is 11.4. The second kappa shape index (κ2) is 29.2. The summed E-state index contributed by atoms with van der Waals surface area (Å²) < 4.78 is 0. The maximum absolute atomic E-state index is 12.8. The molecule has 220 valence electrons. The summed E-state index contributed by atoms with van der Waals surface area (Å²) in [5, 5.41) is 12.4. The SMILES string of the molecule is CCCCCCCCN(CCCCCCCC)C(=O)CNC(=O)NCCCNCCCCNCCCN.